The van der Waals surface area contributed by atoms with E-state index in [1.54, 1.807) is 0 Å². The maximum Gasteiger partial charge on any atom is 0.191 e. The predicted octanol–water partition coefficient (Wildman–Crippen LogP) is 2.89. The molecular weight excluding hydrogens is 322 g/mol. The average Bonchev–Trinajstić information content (AvgIpc) is 3.16. The SMILES string of the molecule is CCNC(=NCc1ccc(C#N)cc1)NC1CCN(c2ccccc2)C1. The van der Waals surface area contributed by atoms with Gasteiger partial charge in [0, 0.05) is 31.4 Å². The molecule has 3 rings (SSSR count). The molecule has 134 valence electrons. The Morgan fingerprint density at radius 2 is 1.96 bits per heavy atom. The zero-order valence-corrected chi connectivity index (χ0v) is 15.2. The van der Waals surface area contributed by atoms with E-state index in [0.29, 0.717) is 18.2 Å². The fourth-order valence-electron chi connectivity index (χ4n) is 3.12. The largest absolute Gasteiger partial charge is 0.369 e. The molecule has 0 radical (unpaired) electrons. The molecule has 2 N–H and O–H groups in total. The average molecular weight is 347 g/mol. The van der Waals surface area contributed by atoms with Crippen LogP contribution in [0.15, 0.2) is 59.6 Å². The number of hydrogen-bond acceptors (Lipinski definition) is 3. The second-order valence-electron chi connectivity index (χ2n) is 6.42. The van der Waals surface area contributed by atoms with Gasteiger partial charge in [-0.05, 0) is 43.2 Å². The minimum atomic E-state index is 0.383. The molecule has 1 saturated heterocycles. The zero-order valence-electron chi connectivity index (χ0n) is 15.2. The van der Waals surface area contributed by atoms with Gasteiger partial charge in [0.15, 0.2) is 5.96 Å². The van der Waals surface area contributed by atoms with Gasteiger partial charge >= 0.3 is 0 Å². The monoisotopic (exact) mass is 347 g/mol. The van der Waals surface area contributed by atoms with Gasteiger partial charge in [0.2, 0.25) is 0 Å². The van der Waals surface area contributed by atoms with Crippen molar-refractivity contribution in [2.24, 2.45) is 4.99 Å². The molecule has 26 heavy (non-hydrogen) atoms. The maximum absolute atomic E-state index is 8.88. The van der Waals surface area contributed by atoms with Crippen LogP contribution in [0.2, 0.25) is 0 Å². The maximum atomic E-state index is 8.88. The quantitative estimate of drug-likeness (QED) is 0.645. The Kier molecular flexibility index (Phi) is 6.10. The van der Waals surface area contributed by atoms with Gasteiger partial charge in [0.05, 0.1) is 18.2 Å². The number of guanidine groups is 1. The van der Waals surface area contributed by atoms with Crippen molar-refractivity contribution in [1.82, 2.24) is 10.6 Å². The lowest BCUT2D eigenvalue weighted by Gasteiger charge is -2.20. The van der Waals surface area contributed by atoms with Crippen molar-refractivity contribution in [2.75, 3.05) is 24.5 Å². The van der Waals surface area contributed by atoms with Gasteiger partial charge in [-0.1, -0.05) is 30.3 Å². The molecule has 0 saturated carbocycles. The van der Waals surface area contributed by atoms with Gasteiger partial charge in [0.25, 0.3) is 0 Å². The van der Waals surface area contributed by atoms with Gasteiger partial charge in [-0.2, -0.15) is 5.26 Å². The van der Waals surface area contributed by atoms with Crippen LogP contribution in [-0.4, -0.2) is 31.6 Å². The summed E-state index contributed by atoms with van der Waals surface area (Å²) in [5.41, 5.74) is 3.05. The number of anilines is 1. The highest BCUT2D eigenvalue weighted by molar-refractivity contribution is 5.80. The molecule has 1 unspecified atom stereocenters. The number of nitrogens with zero attached hydrogens (tertiary/aromatic N) is 3. The molecule has 0 spiro atoms. The Morgan fingerprint density at radius 3 is 2.65 bits per heavy atom. The second kappa shape index (κ2) is 8.91. The van der Waals surface area contributed by atoms with Gasteiger partial charge in [-0.3, -0.25) is 0 Å². The molecule has 1 aliphatic heterocycles. The van der Waals surface area contributed by atoms with E-state index in [2.05, 4.69) is 52.8 Å². The third-order valence-electron chi connectivity index (χ3n) is 4.50. The highest BCUT2D eigenvalue weighted by Crippen LogP contribution is 2.19. The van der Waals surface area contributed by atoms with E-state index >= 15 is 0 Å². The standard InChI is InChI=1S/C21H25N5/c1-2-23-21(24-15-18-10-8-17(14-22)9-11-18)25-19-12-13-26(16-19)20-6-4-3-5-7-20/h3-11,19H,2,12-13,15-16H2,1H3,(H2,23,24,25). The summed E-state index contributed by atoms with van der Waals surface area (Å²) in [4.78, 5) is 7.10. The number of rotatable bonds is 5. The van der Waals surface area contributed by atoms with E-state index in [1.807, 2.05) is 30.3 Å². The summed E-state index contributed by atoms with van der Waals surface area (Å²) in [5, 5.41) is 15.8. The molecule has 0 aromatic heterocycles. The van der Waals surface area contributed by atoms with Gasteiger partial charge < -0.3 is 15.5 Å². The Balaban J connectivity index is 1.58. The fourth-order valence-corrected chi connectivity index (χ4v) is 3.12. The lowest BCUT2D eigenvalue weighted by molar-refractivity contribution is 0.649. The van der Waals surface area contributed by atoms with Crippen LogP contribution in [0, 0.1) is 11.3 Å². The first-order chi connectivity index (χ1) is 12.8. The lowest BCUT2D eigenvalue weighted by atomic mass is 10.1. The van der Waals surface area contributed by atoms with E-state index in [1.165, 1.54) is 5.69 Å². The van der Waals surface area contributed by atoms with Crippen molar-refractivity contribution < 1.29 is 0 Å². The van der Waals surface area contributed by atoms with Crippen LogP contribution in [0.3, 0.4) is 0 Å². The van der Waals surface area contributed by atoms with Crippen molar-refractivity contribution in [3.05, 3.63) is 65.7 Å². The van der Waals surface area contributed by atoms with Gasteiger partial charge in [0.1, 0.15) is 0 Å². The molecule has 1 heterocycles. The van der Waals surface area contributed by atoms with Crippen LogP contribution in [0.25, 0.3) is 0 Å². The zero-order chi connectivity index (χ0) is 18.2. The summed E-state index contributed by atoms with van der Waals surface area (Å²) in [6, 6.07) is 20.6. The van der Waals surface area contributed by atoms with Crippen molar-refractivity contribution in [3.8, 4) is 6.07 Å². The van der Waals surface area contributed by atoms with Crippen LogP contribution in [0.5, 0.6) is 0 Å². The Hall–Kier alpha value is -3.00. The first-order valence-electron chi connectivity index (χ1n) is 9.12. The summed E-state index contributed by atoms with van der Waals surface area (Å²) in [6.07, 6.45) is 1.09. The number of benzene rings is 2. The number of aliphatic imine (C=N–C) groups is 1. The Morgan fingerprint density at radius 1 is 1.19 bits per heavy atom. The van der Waals surface area contributed by atoms with Crippen molar-refractivity contribution >= 4 is 11.6 Å². The molecule has 2 aromatic rings. The third kappa shape index (κ3) is 4.76. The molecule has 2 aromatic carbocycles. The van der Waals surface area contributed by atoms with Crippen LogP contribution in [0.4, 0.5) is 5.69 Å². The minimum Gasteiger partial charge on any atom is -0.369 e. The van der Waals surface area contributed by atoms with E-state index in [-0.39, 0.29) is 0 Å². The molecule has 0 aliphatic carbocycles. The van der Waals surface area contributed by atoms with Crippen LogP contribution in [0.1, 0.15) is 24.5 Å². The van der Waals surface area contributed by atoms with Crippen molar-refractivity contribution in [1.29, 1.82) is 5.26 Å². The van der Waals surface area contributed by atoms with Gasteiger partial charge in [-0.15, -0.1) is 0 Å². The van der Waals surface area contributed by atoms with Gasteiger partial charge in [-0.25, -0.2) is 4.99 Å². The normalized spacial score (nSPS) is 17.0. The van der Waals surface area contributed by atoms with Crippen molar-refractivity contribution in [2.45, 2.75) is 25.9 Å². The smallest absolute Gasteiger partial charge is 0.191 e. The summed E-state index contributed by atoms with van der Waals surface area (Å²) in [7, 11) is 0. The first kappa shape index (κ1) is 17.8. The molecule has 0 amide bonds. The summed E-state index contributed by atoms with van der Waals surface area (Å²) in [6.45, 7) is 5.52. The van der Waals surface area contributed by atoms with Crippen molar-refractivity contribution in [3.63, 3.8) is 0 Å². The second-order valence-corrected chi connectivity index (χ2v) is 6.42. The number of para-hydroxylation sites is 1. The third-order valence-corrected chi connectivity index (χ3v) is 4.50. The summed E-state index contributed by atoms with van der Waals surface area (Å²) in [5.74, 6) is 0.844. The van der Waals surface area contributed by atoms with Crippen LogP contribution in [-0.2, 0) is 6.54 Å². The predicted molar refractivity (Wildman–Crippen MR) is 106 cm³/mol. The molecule has 1 aliphatic rings. The highest BCUT2D eigenvalue weighted by atomic mass is 15.2. The molecular formula is C21H25N5. The molecule has 0 bridgehead atoms. The van der Waals surface area contributed by atoms with E-state index in [0.717, 1.165) is 37.6 Å². The first-order valence-corrected chi connectivity index (χ1v) is 9.12. The number of nitriles is 1. The Labute approximate surface area is 155 Å². The molecule has 1 atom stereocenters. The molecule has 5 nitrogen and oxygen atoms in total. The highest BCUT2D eigenvalue weighted by Gasteiger charge is 2.23. The topological polar surface area (TPSA) is 63.5 Å². The summed E-state index contributed by atoms with van der Waals surface area (Å²) >= 11 is 0. The van der Waals surface area contributed by atoms with E-state index in [9.17, 15) is 0 Å². The van der Waals surface area contributed by atoms with E-state index in [4.69, 9.17) is 10.3 Å². The van der Waals surface area contributed by atoms with Crippen LogP contribution >= 0.6 is 0 Å². The van der Waals surface area contributed by atoms with Crippen LogP contribution < -0.4 is 15.5 Å². The minimum absolute atomic E-state index is 0.383. The molecule has 5 heteroatoms. The Bertz CT molecular complexity index is 761. The molecule has 1 fully saturated rings. The number of hydrogen-bond donors (Lipinski definition) is 2. The fraction of sp³-hybridized carbons (Fsp3) is 0.333. The van der Waals surface area contributed by atoms with E-state index < -0.39 is 0 Å². The lowest BCUT2D eigenvalue weighted by Crippen LogP contribution is -2.44. The summed E-state index contributed by atoms with van der Waals surface area (Å²) < 4.78 is 0. The number of nitrogens with one attached hydrogen (secondary N) is 2.